The molecule has 0 radical (unpaired) electrons. The normalized spacial score (nSPS) is 33.2. The maximum atomic E-state index is 9.88. The van der Waals surface area contributed by atoms with Crippen molar-refractivity contribution in [1.82, 2.24) is 0 Å². The zero-order valence-electron chi connectivity index (χ0n) is 9.24. The molecule has 2 unspecified atom stereocenters. The van der Waals surface area contributed by atoms with Crippen molar-refractivity contribution in [3.8, 4) is 0 Å². The average Bonchev–Trinajstić information content (AvgIpc) is 2.21. The van der Waals surface area contributed by atoms with Crippen molar-refractivity contribution in [2.45, 2.75) is 57.3 Å². The van der Waals surface area contributed by atoms with E-state index in [1.54, 1.807) is 7.11 Å². The highest BCUT2D eigenvalue weighted by Crippen LogP contribution is 2.23. The van der Waals surface area contributed by atoms with Crippen LogP contribution in [0, 0.1) is 0 Å². The van der Waals surface area contributed by atoms with Gasteiger partial charge < -0.3 is 14.6 Å². The smallest absolute Gasteiger partial charge is 0.106 e. The monoisotopic (exact) mass is 202 g/mol. The Hall–Kier alpha value is -0.120. The van der Waals surface area contributed by atoms with E-state index in [1.807, 2.05) is 0 Å². The summed E-state index contributed by atoms with van der Waals surface area (Å²) in [5, 5.41) is 9.88. The lowest BCUT2D eigenvalue weighted by Crippen LogP contribution is -2.43. The van der Waals surface area contributed by atoms with Crippen molar-refractivity contribution in [3.05, 3.63) is 0 Å². The minimum Gasteiger partial charge on any atom is -0.388 e. The fourth-order valence-corrected chi connectivity index (χ4v) is 1.92. The van der Waals surface area contributed by atoms with Crippen LogP contribution in [0.15, 0.2) is 0 Å². The van der Waals surface area contributed by atoms with E-state index in [4.69, 9.17) is 9.47 Å². The van der Waals surface area contributed by atoms with Crippen LogP contribution in [0.3, 0.4) is 0 Å². The van der Waals surface area contributed by atoms with E-state index in [-0.39, 0.29) is 12.2 Å². The summed E-state index contributed by atoms with van der Waals surface area (Å²) in [7, 11) is 1.66. The number of rotatable bonds is 5. The SMILES string of the molecule is CCCCOC1CCC[C@@H](OC)C1O. The summed E-state index contributed by atoms with van der Waals surface area (Å²) in [6, 6.07) is 0. The molecule has 0 aromatic carbocycles. The lowest BCUT2D eigenvalue weighted by Gasteiger charge is -2.33. The molecule has 0 aromatic rings. The molecule has 1 saturated carbocycles. The average molecular weight is 202 g/mol. The van der Waals surface area contributed by atoms with E-state index < -0.39 is 6.10 Å². The van der Waals surface area contributed by atoms with Gasteiger partial charge in [0.25, 0.3) is 0 Å². The van der Waals surface area contributed by atoms with Gasteiger partial charge in [-0.3, -0.25) is 0 Å². The van der Waals surface area contributed by atoms with Gasteiger partial charge in [0.2, 0.25) is 0 Å². The molecule has 3 heteroatoms. The third-order valence-electron chi connectivity index (χ3n) is 2.87. The second-order valence-corrected chi connectivity index (χ2v) is 3.96. The van der Waals surface area contributed by atoms with Crippen LogP contribution in [0.4, 0.5) is 0 Å². The predicted molar refractivity (Wildman–Crippen MR) is 55.3 cm³/mol. The van der Waals surface area contributed by atoms with Crippen molar-refractivity contribution < 1.29 is 14.6 Å². The molecule has 3 nitrogen and oxygen atoms in total. The number of aliphatic hydroxyl groups is 1. The van der Waals surface area contributed by atoms with Crippen LogP contribution < -0.4 is 0 Å². The van der Waals surface area contributed by atoms with Crippen LogP contribution in [0.25, 0.3) is 0 Å². The van der Waals surface area contributed by atoms with Crippen molar-refractivity contribution in [1.29, 1.82) is 0 Å². The summed E-state index contributed by atoms with van der Waals surface area (Å²) in [6.45, 7) is 2.90. The molecule has 14 heavy (non-hydrogen) atoms. The molecule has 0 heterocycles. The molecule has 0 aliphatic heterocycles. The first kappa shape index (κ1) is 12.0. The first-order valence-electron chi connectivity index (χ1n) is 5.62. The minimum atomic E-state index is -0.439. The lowest BCUT2D eigenvalue weighted by molar-refractivity contribution is -0.124. The molecule has 84 valence electrons. The minimum absolute atomic E-state index is 0.0137. The second-order valence-electron chi connectivity index (χ2n) is 3.96. The third kappa shape index (κ3) is 3.23. The molecule has 0 saturated heterocycles. The van der Waals surface area contributed by atoms with Gasteiger partial charge in [-0.25, -0.2) is 0 Å². The summed E-state index contributed by atoms with van der Waals surface area (Å²) in [4.78, 5) is 0. The Bertz CT molecular complexity index is 149. The largest absolute Gasteiger partial charge is 0.388 e. The van der Waals surface area contributed by atoms with Crippen LogP contribution in [0.1, 0.15) is 39.0 Å². The van der Waals surface area contributed by atoms with Crippen LogP contribution in [-0.2, 0) is 9.47 Å². The quantitative estimate of drug-likeness (QED) is 0.690. The van der Waals surface area contributed by atoms with Gasteiger partial charge in [-0.2, -0.15) is 0 Å². The van der Waals surface area contributed by atoms with Crippen LogP contribution in [0.5, 0.6) is 0 Å². The zero-order valence-corrected chi connectivity index (χ0v) is 9.24. The van der Waals surface area contributed by atoms with Gasteiger partial charge in [0.05, 0.1) is 12.2 Å². The van der Waals surface area contributed by atoms with Crippen LogP contribution in [0.2, 0.25) is 0 Å². The molecular weight excluding hydrogens is 180 g/mol. The highest BCUT2D eigenvalue weighted by molar-refractivity contribution is 4.83. The van der Waals surface area contributed by atoms with Crippen LogP contribution >= 0.6 is 0 Å². The van der Waals surface area contributed by atoms with Gasteiger partial charge in [0.15, 0.2) is 0 Å². The summed E-state index contributed by atoms with van der Waals surface area (Å²) < 4.78 is 10.8. The van der Waals surface area contributed by atoms with E-state index in [0.29, 0.717) is 0 Å². The van der Waals surface area contributed by atoms with Gasteiger partial charge in [-0.1, -0.05) is 13.3 Å². The summed E-state index contributed by atoms with van der Waals surface area (Å²) in [5.74, 6) is 0. The number of aliphatic hydroxyl groups excluding tert-OH is 1. The topological polar surface area (TPSA) is 38.7 Å². The highest BCUT2D eigenvalue weighted by atomic mass is 16.5. The van der Waals surface area contributed by atoms with Gasteiger partial charge in [-0.05, 0) is 25.7 Å². The van der Waals surface area contributed by atoms with E-state index in [9.17, 15) is 5.11 Å². The maximum Gasteiger partial charge on any atom is 0.106 e. The second kappa shape index (κ2) is 6.38. The molecule has 3 atom stereocenters. The van der Waals surface area contributed by atoms with Crippen molar-refractivity contribution in [3.63, 3.8) is 0 Å². The number of ether oxygens (including phenoxy) is 2. The van der Waals surface area contributed by atoms with Crippen molar-refractivity contribution in [2.24, 2.45) is 0 Å². The van der Waals surface area contributed by atoms with Gasteiger partial charge in [0, 0.05) is 13.7 Å². The maximum absolute atomic E-state index is 9.88. The number of unbranched alkanes of at least 4 members (excludes halogenated alkanes) is 1. The number of methoxy groups -OCH3 is 1. The first-order chi connectivity index (χ1) is 6.79. The number of hydrogen-bond acceptors (Lipinski definition) is 3. The summed E-state index contributed by atoms with van der Waals surface area (Å²) in [6.07, 6.45) is 4.72. The molecule has 0 amide bonds. The highest BCUT2D eigenvalue weighted by Gasteiger charge is 2.32. The van der Waals surface area contributed by atoms with Gasteiger partial charge in [-0.15, -0.1) is 0 Å². The van der Waals surface area contributed by atoms with Gasteiger partial charge in [0.1, 0.15) is 6.10 Å². The molecule has 0 spiro atoms. The Labute approximate surface area is 86.4 Å². The molecule has 1 fully saturated rings. The molecule has 1 aliphatic carbocycles. The standard InChI is InChI=1S/C11H22O3/c1-3-4-8-14-10-7-5-6-9(13-2)11(10)12/h9-12H,3-8H2,1-2H3/t9-,10?,11?/m1/s1. The van der Waals surface area contributed by atoms with E-state index in [2.05, 4.69) is 6.92 Å². The third-order valence-corrected chi connectivity index (χ3v) is 2.87. The fourth-order valence-electron chi connectivity index (χ4n) is 1.92. The molecule has 1 aliphatic rings. The molecule has 0 bridgehead atoms. The first-order valence-corrected chi connectivity index (χ1v) is 5.62. The molecule has 1 rings (SSSR count). The Morgan fingerprint density at radius 1 is 1.29 bits per heavy atom. The van der Waals surface area contributed by atoms with Crippen molar-refractivity contribution >= 4 is 0 Å². The summed E-state index contributed by atoms with van der Waals surface area (Å²) in [5.41, 5.74) is 0. The lowest BCUT2D eigenvalue weighted by atomic mass is 9.92. The fraction of sp³-hybridized carbons (Fsp3) is 1.00. The van der Waals surface area contributed by atoms with Crippen molar-refractivity contribution in [2.75, 3.05) is 13.7 Å². The van der Waals surface area contributed by atoms with Gasteiger partial charge >= 0.3 is 0 Å². The molecular formula is C11H22O3. The number of hydrogen-bond donors (Lipinski definition) is 1. The Balaban J connectivity index is 2.28. The predicted octanol–water partition coefficient (Wildman–Crippen LogP) is 1.73. The Morgan fingerprint density at radius 3 is 2.64 bits per heavy atom. The van der Waals surface area contributed by atoms with E-state index in [0.717, 1.165) is 38.7 Å². The zero-order chi connectivity index (χ0) is 10.4. The Morgan fingerprint density at radius 2 is 2.00 bits per heavy atom. The molecule has 1 N–H and O–H groups in total. The van der Waals surface area contributed by atoms with E-state index >= 15 is 0 Å². The molecule has 0 aromatic heterocycles. The summed E-state index contributed by atoms with van der Waals surface area (Å²) >= 11 is 0. The Kier molecular flexibility index (Phi) is 5.45. The van der Waals surface area contributed by atoms with E-state index in [1.165, 1.54) is 0 Å². The van der Waals surface area contributed by atoms with Crippen LogP contribution in [-0.4, -0.2) is 37.1 Å².